The van der Waals surface area contributed by atoms with Crippen molar-refractivity contribution in [2.45, 2.75) is 13.8 Å². The number of nitrogens with two attached hydrogens (primary N) is 1. The standard InChI is InChI=1S/C16H21N3O/c1-3-19(11-12(2)10-17)16(20)14-8-9-18-15-7-5-4-6-13(14)15/h4-9,12H,3,10-11,17H2,1-2H3. The highest BCUT2D eigenvalue weighted by atomic mass is 16.2. The van der Waals surface area contributed by atoms with Crippen molar-refractivity contribution in [2.24, 2.45) is 11.7 Å². The predicted molar refractivity (Wildman–Crippen MR) is 81.5 cm³/mol. The number of nitrogens with zero attached hydrogens (tertiary/aromatic N) is 2. The van der Waals surface area contributed by atoms with Crippen LogP contribution in [0.3, 0.4) is 0 Å². The summed E-state index contributed by atoms with van der Waals surface area (Å²) in [7, 11) is 0. The number of hydrogen-bond donors (Lipinski definition) is 1. The van der Waals surface area contributed by atoms with Crippen LogP contribution in [0.2, 0.25) is 0 Å². The third-order valence-electron chi connectivity index (χ3n) is 3.48. The lowest BCUT2D eigenvalue weighted by Gasteiger charge is -2.24. The minimum Gasteiger partial charge on any atom is -0.339 e. The summed E-state index contributed by atoms with van der Waals surface area (Å²) in [6.45, 7) is 5.99. The van der Waals surface area contributed by atoms with Gasteiger partial charge in [-0.25, -0.2) is 0 Å². The van der Waals surface area contributed by atoms with E-state index in [-0.39, 0.29) is 5.91 Å². The lowest BCUT2D eigenvalue weighted by molar-refractivity contribution is 0.0745. The molecule has 0 aliphatic heterocycles. The molecule has 1 heterocycles. The number of aromatic nitrogens is 1. The summed E-state index contributed by atoms with van der Waals surface area (Å²) in [6, 6.07) is 9.51. The Morgan fingerprint density at radius 3 is 2.80 bits per heavy atom. The summed E-state index contributed by atoms with van der Waals surface area (Å²) in [5, 5.41) is 0.902. The van der Waals surface area contributed by atoms with E-state index in [1.165, 1.54) is 0 Å². The van der Waals surface area contributed by atoms with E-state index in [9.17, 15) is 4.79 Å². The van der Waals surface area contributed by atoms with Crippen molar-refractivity contribution in [1.82, 2.24) is 9.88 Å². The van der Waals surface area contributed by atoms with E-state index in [1.54, 1.807) is 12.3 Å². The average Bonchev–Trinajstić information content (AvgIpc) is 2.51. The number of rotatable bonds is 5. The Hall–Kier alpha value is -1.94. The first-order valence-corrected chi connectivity index (χ1v) is 7.00. The summed E-state index contributed by atoms with van der Waals surface area (Å²) in [5.74, 6) is 0.346. The highest BCUT2D eigenvalue weighted by Gasteiger charge is 2.18. The van der Waals surface area contributed by atoms with Crippen molar-refractivity contribution in [2.75, 3.05) is 19.6 Å². The Bertz CT molecular complexity index is 592. The molecule has 0 radical (unpaired) electrons. The van der Waals surface area contributed by atoms with Crippen molar-refractivity contribution in [3.8, 4) is 0 Å². The van der Waals surface area contributed by atoms with Crippen molar-refractivity contribution >= 4 is 16.8 Å². The van der Waals surface area contributed by atoms with Crippen LogP contribution >= 0.6 is 0 Å². The maximum absolute atomic E-state index is 12.7. The van der Waals surface area contributed by atoms with Crippen molar-refractivity contribution in [3.05, 3.63) is 42.1 Å². The molecule has 0 fully saturated rings. The molecule has 2 rings (SSSR count). The van der Waals surface area contributed by atoms with Crippen LogP contribution in [-0.2, 0) is 0 Å². The minimum atomic E-state index is 0.0476. The molecule has 106 valence electrons. The maximum atomic E-state index is 12.7. The molecule has 0 aliphatic rings. The zero-order chi connectivity index (χ0) is 14.5. The van der Waals surface area contributed by atoms with E-state index in [1.807, 2.05) is 36.1 Å². The van der Waals surface area contributed by atoms with Crippen LogP contribution in [0.25, 0.3) is 10.9 Å². The first-order valence-electron chi connectivity index (χ1n) is 7.00. The smallest absolute Gasteiger partial charge is 0.254 e. The van der Waals surface area contributed by atoms with Crippen LogP contribution in [0.15, 0.2) is 36.5 Å². The SMILES string of the molecule is CCN(CC(C)CN)C(=O)c1ccnc2ccccc12. The molecule has 0 bridgehead atoms. The predicted octanol–water partition coefficient (Wildman–Crippen LogP) is 2.29. The van der Waals surface area contributed by atoms with Gasteiger partial charge >= 0.3 is 0 Å². The van der Waals surface area contributed by atoms with Gasteiger partial charge in [-0.3, -0.25) is 9.78 Å². The van der Waals surface area contributed by atoms with Crippen LogP contribution in [0.4, 0.5) is 0 Å². The molecule has 0 saturated heterocycles. The Kier molecular flexibility index (Phi) is 4.69. The molecule has 1 unspecified atom stereocenters. The van der Waals surface area contributed by atoms with Gasteiger partial charge in [-0.2, -0.15) is 0 Å². The van der Waals surface area contributed by atoms with Gasteiger partial charge in [0.2, 0.25) is 0 Å². The normalized spacial score (nSPS) is 12.3. The first-order chi connectivity index (χ1) is 9.67. The van der Waals surface area contributed by atoms with Crippen molar-refractivity contribution in [1.29, 1.82) is 0 Å². The number of amides is 1. The van der Waals surface area contributed by atoms with Crippen LogP contribution < -0.4 is 5.73 Å². The molecular formula is C16H21N3O. The van der Waals surface area contributed by atoms with Gasteiger partial charge in [0, 0.05) is 24.7 Å². The molecule has 20 heavy (non-hydrogen) atoms. The summed E-state index contributed by atoms with van der Waals surface area (Å²) < 4.78 is 0. The molecule has 1 aromatic heterocycles. The highest BCUT2D eigenvalue weighted by molar-refractivity contribution is 6.05. The number of pyridine rings is 1. The van der Waals surface area contributed by atoms with Crippen LogP contribution in [-0.4, -0.2) is 35.4 Å². The number of carbonyl (C=O) groups excluding carboxylic acids is 1. The second-order valence-corrected chi connectivity index (χ2v) is 5.06. The molecule has 4 heteroatoms. The van der Waals surface area contributed by atoms with Gasteiger partial charge in [0.05, 0.1) is 11.1 Å². The van der Waals surface area contributed by atoms with E-state index in [2.05, 4.69) is 11.9 Å². The summed E-state index contributed by atoms with van der Waals surface area (Å²) in [4.78, 5) is 18.8. The topological polar surface area (TPSA) is 59.2 Å². The zero-order valence-electron chi connectivity index (χ0n) is 12.0. The van der Waals surface area contributed by atoms with Crippen LogP contribution in [0.1, 0.15) is 24.2 Å². The molecule has 2 N–H and O–H groups in total. The molecular weight excluding hydrogens is 250 g/mol. The van der Waals surface area contributed by atoms with Gasteiger partial charge in [0.15, 0.2) is 0 Å². The third kappa shape index (κ3) is 2.96. The van der Waals surface area contributed by atoms with E-state index in [0.29, 0.717) is 31.1 Å². The molecule has 1 atom stereocenters. The zero-order valence-corrected chi connectivity index (χ0v) is 12.0. The Balaban J connectivity index is 2.34. The molecule has 1 aromatic carbocycles. The molecule has 1 amide bonds. The van der Waals surface area contributed by atoms with E-state index in [0.717, 1.165) is 10.9 Å². The number of carbonyl (C=O) groups is 1. The number of benzene rings is 1. The second kappa shape index (κ2) is 6.48. The minimum absolute atomic E-state index is 0.0476. The van der Waals surface area contributed by atoms with Gasteiger partial charge in [-0.15, -0.1) is 0 Å². The van der Waals surface area contributed by atoms with E-state index in [4.69, 9.17) is 5.73 Å². The van der Waals surface area contributed by atoms with E-state index < -0.39 is 0 Å². The molecule has 2 aromatic rings. The molecule has 4 nitrogen and oxygen atoms in total. The lowest BCUT2D eigenvalue weighted by atomic mass is 10.1. The van der Waals surface area contributed by atoms with Crippen molar-refractivity contribution in [3.63, 3.8) is 0 Å². The number of fused-ring (bicyclic) bond motifs is 1. The van der Waals surface area contributed by atoms with Gasteiger partial charge < -0.3 is 10.6 Å². The number of hydrogen-bond acceptors (Lipinski definition) is 3. The summed E-state index contributed by atoms with van der Waals surface area (Å²) >= 11 is 0. The average molecular weight is 271 g/mol. The fourth-order valence-electron chi connectivity index (χ4n) is 2.26. The van der Waals surface area contributed by atoms with E-state index >= 15 is 0 Å². The monoisotopic (exact) mass is 271 g/mol. The van der Waals surface area contributed by atoms with Gasteiger partial charge in [0.1, 0.15) is 0 Å². The summed E-state index contributed by atoms with van der Waals surface area (Å²) in [5.41, 5.74) is 7.21. The molecule has 0 aliphatic carbocycles. The fraction of sp³-hybridized carbons (Fsp3) is 0.375. The van der Waals surface area contributed by atoms with Gasteiger partial charge in [0.25, 0.3) is 5.91 Å². The third-order valence-corrected chi connectivity index (χ3v) is 3.48. The molecule has 0 saturated carbocycles. The molecule has 0 spiro atoms. The Morgan fingerprint density at radius 2 is 2.10 bits per heavy atom. The van der Waals surface area contributed by atoms with Gasteiger partial charge in [-0.05, 0) is 31.5 Å². The number of para-hydroxylation sites is 1. The van der Waals surface area contributed by atoms with Gasteiger partial charge in [-0.1, -0.05) is 25.1 Å². The van der Waals surface area contributed by atoms with Crippen LogP contribution in [0.5, 0.6) is 0 Å². The van der Waals surface area contributed by atoms with Crippen molar-refractivity contribution < 1.29 is 4.79 Å². The highest BCUT2D eigenvalue weighted by Crippen LogP contribution is 2.18. The fourth-order valence-corrected chi connectivity index (χ4v) is 2.26. The maximum Gasteiger partial charge on any atom is 0.254 e. The Morgan fingerprint density at radius 1 is 1.35 bits per heavy atom. The Labute approximate surface area is 119 Å². The summed E-state index contributed by atoms with van der Waals surface area (Å²) in [6.07, 6.45) is 1.69. The largest absolute Gasteiger partial charge is 0.339 e. The lowest BCUT2D eigenvalue weighted by Crippen LogP contribution is -2.36. The quantitative estimate of drug-likeness (QED) is 0.907. The second-order valence-electron chi connectivity index (χ2n) is 5.06. The van der Waals surface area contributed by atoms with Crippen LogP contribution in [0, 0.1) is 5.92 Å². The first kappa shape index (κ1) is 14.5.